The third-order valence-electron chi connectivity index (χ3n) is 5.53. The summed E-state index contributed by atoms with van der Waals surface area (Å²) in [5, 5.41) is 24.4. The highest BCUT2D eigenvalue weighted by molar-refractivity contribution is 7.99. The summed E-state index contributed by atoms with van der Waals surface area (Å²) in [7, 11) is 0. The molecule has 0 aliphatic heterocycles. The lowest BCUT2D eigenvalue weighted by molar-refractivity contribution is -0.118. The molecule has 0 atom stereocenters. The number of thioether (sulfide) groups is 1. The molecule has 0 unspecified atom stereocenters. The standard InChI is InChI=1S/C24H19ClN4O4S2/c25-14-5-7-15(8-6-14)29-23(33)21-16-2-1-3-19(16)35-22(21)27-24(29)34-12-20(32)28-26-11-13-4-9-17(30)18(31)10-13/h4-11,30-31H,1-3,12H2,(H,28,32). The van der Waals surface area contributed by atoms with Gasteiger partial charge in [-0.15, -0.1) is 11.3 Å². The van der Waals surface area contributed by atoms with Gasteiger partial charge in [0.2, 0.25) is 0 Å². The average molecular weight is 527 g/mol. The zero-order valence-corrected chi connectivity index (χ0v) is 20.6. The van der Waals surface area contributed by atoms with Gasteiger partial charge in [-0.3, -0.25) is 14.2 Å². The van der Waals surface area contributed by atoms with Crippen LogP contribution in [0.3, 0.4) is 0 Å². The molecule has 0 radical (unpaired) electrons. The number of nitrogens with one attached hydrogen (secondary N) is 1. The molecule has 0 saturated heterocycles. The quantitative estimate of drug-likeness (QED) is 0.114. The predicted octanol–water partition coefficient (Wildman–Crippen LogP) is 4.24. The Kier molecular flexibility index (Phi) is 6.50. The maximum absolute atomic E-state index is 13.6. The van der Waals surface area contributed by atoms with Gasteiger partial charge >= 0.3 is 0 Å². The van der Waals surface area contributed by atoms with Crippen molar-refractivity contribution in [2.24, 2.45) is 5.10 Å². The number of aryl methyl sites for hydroxylation is 2. The van der Waals surface area contributed by atoms with Crippen molar-refractivity contribution in [1.82, 2.24) is 15.0 Å². The maximum atomic E-state index is 13.6. The number of nitrogens with zero attached hydrogens (tertiary/aromatic N) is 3. The number of carbonyl (C=O) groups excluding carboxylic acids is 1. The van der Waals surface area contributed by atoms with Gasteiger partial charge in [-0.1, -0.05) is 23.4 Å². The van der Waals surface area contributed by atoms with Crippen molar-refractivity contribution in [2.75, 3.05) is 5.75 Å². The monoisotopic (exact) mass is 526 g/mol. The fourth-order valence-corrected chi connectivity index (χ4v) is 6.13. The minimum absolute atomic E-state index is 0.0191. The van der Waals surface area contributed by atoms with Gasteiger partial charge in [-0.2, -0.15) is 5.10 Å². The smallest absolute Gasteiger partial charge is 0.267 e. The van der Waals surface area contributed by atoms with Crippen LogP contribution in [-0.4, -0.2) is 37.6 Å². The molecule has 1 aliphatic rings. The average Bonchev–Trinajstić information content (AvgIpc) is 3.42. The molecule has 11 heteroatoms. The number of carbonyl (C=O) groups is 1. The lowest BCUT2D eigenvalue weighted by atomic mass is 10.2. The number of phenols is 2. The van der Waals surface area contributed by atoms with Crippen LogP contribution in [0, 0.1) is 0 Å². The van der Waals surface area contributed by atoms with E-state index in [4.69, 9.17) is 16.6 Å². The van der Waals surface area contributed by atoms with Gasteiger partial charge in [0.05, 0.1) is 23.0 Å². The van der Waals surface area contributed by atoms with Crippen LogP contribution >= 0.6 is 34.7 Å². The number of aromatic hydroxyl groups is 2. The van der Waals surface area contributed by atoms with E-state index < -0.39 is 0 Å². The topological polar surface area (TPSA) is 117 Å². The van der Waals surface area contributed by atoms with Gasteiger partial charge in [0.25, 0.3) is 11.5 Å². The second-order valence-corrected chi connectivity index (χ2v) is 10.3. The number of aromatic nitrogens is 2. The molecule has 0 bridgehead atoms. The van der Waals surface area contributed by atoms with Crippen molar-refractivity contribution >= 4 is 57.0 Å². The van der Waals surface area contributed by atoms with Gasteiger partial charge in [-0.25, -0.2) is 10.4 Å². The summed E-state index contributed by atoms with van der Waals surface area (Å²) in [5.74, 6) is -0.930. The minimum atomic E-state index is -0.389. The van der Waals surface area contributed by atoms with E-state index in [0.717, 1.165) is 36.6 Å². The fourth-order valence-electron chi connectivity index (χ4n) is 3.90. The Morgan fingerprint density at radius 3 is 2.77 bits per heavy atom. The molecule has 4 aromatic rings. The number of amides is 1. The molecular weight excluding hydrogens is 508 g/mol. The van der Waals surface area contributed by atoms with E-state index in [1.165, 1.54) is 27.8 Å². The molecule has 3 N–H and O–H groups in total. The molecular formula is C24H19ClN4O4S2. The van der Waals surface area contributed by atoms with Crippen molar-refractivity contribution in [1.29, 1.82) is 0 Å². The SMILES string of the molecule is O=C(CSc1nc2sc3c(c2c(=O)n1-c1ccc(Cl)cc1)CCC3)NN=Cc1ccc(O)c(O)c1. The van der Waals surface area contributed by atoms with Crippen molar-refractivity contribution < 1.29 is 15.0 Å². The summed E-state index contributed by atoms with van der Waals surface area (Å²) < 4.78 is 1.53. The van der Waals surface area contributed by atoms with E-state index in [-0.39, 0.29) is 28.7 Å². The first-order valence-corrected chi connectivity index (χ1v) is 12.9. The fraction of sp³-hybridized carbons (Fsp3) is 0.167. The number of hydrogen-bond acceptors (Lipinski definition) is 8. The molecule has 0 spiro atoms. The summed E-state index contributed by atoms with van der Waals surface area (Å²) in [6.45, 7) is 0. The highest BCUT2D eigenvalue weighted by atomic mass is 35.5. The third kappa shape index (κ3) is 4.77. The largest absolute Gasteiger partial charge is 0.504 e. The minimum Gasteiger partial charge on any atom is -0.504 e. The van der Waals surface area contributed by atoms with Crippen LogP contribution in [0.4, 0.5) is 0 Å². The van der Waals surface area contributed by atoms with Crippen LogP contribution in [0.5, 0.6) is 11.5 Å². The van der Waals surface area contributed by atoms with Gasteiger partial charge in [-0.05, 0) is 72.9 Å². The summed E-state index contributed by atoms with van der Waals surface area (Å²) >= 11 is 8.73. The number of hydrazone groups is 1. The summed E-state index contributed by atoms with van der Waals surface area (Å²) in [6, 6.07) is 11.1. The van der Waals surface area contributed by atoms with Crippen molar-refractivity contribution in [3.05, 3.63) is 73.8 Å². The van der Waals surface area contributed by atoms with Crippen molar-refractivity contribution in [3.8, 4) is 17.2 Å². The van der Waals surface area contributed by atoms with Crippen LogP contribution < -0.4 is 11.0 Å². The summed E-state index contributed by atoms with van der Waals surface area (Å²) in [5.41, 5.74) is 4.49. The number of rotatable bonds is 6. The first-order chi connectivity index (χ1) is 16.9. The summed E-state index contributed by atoms with van der Waals surface area (Å²) in [6.07, 6.45) is 4.22. The van der Waals surface area contributed by atoms with Crippen molar-refractivity contribution in [3.63, 3.8) is 0 Å². The Hall–Kier alpha value is -3.34. The molecule has 1 amide bonds. The Bertz CT molecular complexity index is 1530. The van der Waals surface area contributed by atoms with E-state index in [9.17, 15) is 19.8 Å². The second-order valence-electron chi connectivity index (χ2n) is 7.88. The van der Waals surface area contributed by atoms with Gasteiger partial charge in [0.1, 0.15) is 4.83 Å². The molecule has 2 aromatic heterocycles. The lowest BCUT2D eigenvalue weighted by Crippen LogP contribution is -2.24. The Morgan fingerprint density at radius 2 is 2.00 bits per heavy atom. The van der Waals surface area contributed by atoms with Crippen LogP contribution in [-0.2, 0) is 17.6 Å². The normalized spacial score (nSPS) is 12.9. The molecule has 8 nitrogen and oxygen atoms in total. The van der Waals surface area contributed by atoms with E-state index in [1.54, 1.807) is 41.7 Å². The molecule has 0 fully saturated rings. The third-order valence-corrected chi connectivity index (χ3v) is 7.90. The van der Waals surface area contributed by atoms with Gasteiger partial charge in [0, 0.05) is 9.90 Å². The molecule has 1 aliphatic carbocycles. The van der Waals surface area contributed by atoms with Crippen LogP contribution in [0.15, 0.2) is 57.5 Å². The lowest BCUT2D eigenvalue weighted by Gasteiger charge is -2.12. The molecule has 2 heterocycles. The van der Waals surface area contributed by atoms with Crippen LogP contribution in [0.25, 0.3) is 15.9 Å². The number of phenolic OH excluding ortho intramolecular Hbond substituents is 2. The van der Waals surface area contributed by atoms with Crippen LogP contribution in [0.1, 0.15) is 22.4 Å². The van der Waals surface area contributed by atoms with Gasteiger partial charge < -0.3 is 10.2 Å². The Morgan fingerprint density at radius 1 is 1.20 bits per heavy atom. The Labute approximate surface area is 212 Å². The Balaban J connectivity index is 1.40. The highest BCUT2D eigenvalue weighted by Gasteiger charge is 2.24. The van der Waals surface area contributed by atoms with E-state index >= 15 is 0 Å². The number of hydrogen-bond donors (Lipinski definition) is 3. The zero-order chi connectivity index (χ0) is 24.5. The van der Waals surface area contributed by atoms with E-state index in [1.807, 2.05) is 0 Å². The number of benzene rings is 2. The highest BCUT2D eigenvalue weighted by Crippen LogP contribution is 2.36. The molecule has 5 rings (SSSR count). The molecule has 0 saturated carbocycles. The molecule has 178 valence electrons. The predicted molar refractivity (Wildman–Crippen MR) is 138 cm³/mol. The van der Waals surface area contributed by atoms with Crippen LogP contribution in [0.2, 0.25) is 5.02 Å². The number of halogens is 1. The van der Waals surface area contributed by atoms with Gasteiger partial charge in [0.15, 0.2) is 16.7 Å². The first kappa shape index (κ1) is 23.4. The molecule has 2 aromatic carbocycles. The zero-order valence-electron chi connectivity index (χ0n) is 18.2. The maximum Gasteiger partial charge on any atom is 0.267 e. The number of fused-ring (bicyclic) bond motifs is 3. The van der Waals surface area contributed by atoms with E-state index in [0.29, 0.717) is 31.6 Å². The molecule has 35 heavy (non-hydrogen) atoms. The summed E-state index contributed by atoms with van der Waals surface area (Å²) in [4.78, 5) is 32.7. The number of thiophene rings is 1. The van der Waals surface area contributed by atoms with Crippen molar-refractivity contribution in [2.45, 2.75) is 24.4 Å². The first-order valence-electron chi connectivity index (χ1n) is 10.7. The van der Waals surface area contributed by atoms with E-state index in [2.05, 4.69) is 10.5 Å². The second kappa shape index (κ2) is 9.73.